The van der Waals surface area contributed by atoms with Gasteiger partial charge in [0.15, 0.2) is 0 Å². The number of nitrogens with one attached hydrogen (secondary N) is 3. The second kappa shape index (κ2) is 18.2. The number of ketones is 1. The molecule has 5 atom stereocenters. The summed E-state index contributed by atoms with van der Waals surface area (Å²) in [5.41, 5.74) is 1.70. The van der Waals surface area contributed by atoms with Gasteiger partial charge in [-0.25, -0.2) is 4.98 Å². The lowest BCUT2D eigenvalue weighted by Crippen LogP contribution is -2.55. The van der Waals surface area contributed by atoms with Crippen molar-refractivity contribution in [3.63, 3.8) is 0 Å². The molecule has 8 heteroatoms. The molecule has 1 aromatic heterocycles. The van der Waals surface area contributed by atoms with Gasteiger partial charge in [-0.2, -0.15) is 0 Å². The highest BCUT2D eigenvalue weighted by Gasteiger charge is 2.34. The van der Waals surface area contributed by atoms with Gasteiger partial charge in [0, 0.05) is 36.6 Å². The Bertz CT molecular complexity index is 1220. The average molecular weight is 633 g/mol. The van der Waals surface area contributed by atoms with Crippen LogP contribution < -0.4 is 10.6 Å². The summed E-state index contributed by atoms with van der Waals surface area (Å²) < 4.78 is 0. The van der Waals surface area contributed by atoms with Gasteiger partial charge in [-0.1, -0.05) is 95.2 Å². The first-order chi connectivity index (χ1) is 22.2. The fourth-order valence-electron chi connectivity index (χ4n) is 7.39. The summed E-state index contributed by atoms with van der Waals surface area (Å²) in [6.07, 6.45) is 16.0. The van der Waals surface area contributed by atoms with Crippen molar-refractivity contribution in [1.29, 1.82) is 0 Å². The molecule has 4 N–H and O–H groups in total. The first kappa shape index (κ1) is 35.6. The molecule has 2 aliphatic rings. The number of carbonyl (C=O) groups is 3. The lowest BCUT2D eigenvalue weighted by molar-refractivity contribution is -0.134. The Morgan fingerprint density at radius 1 is 0.978 bits per heavy atom. The standard InChI is InChI=1S/C38H56N4O4/c1-4-29(26(2)3)21-36(44)33(20-28-15-9-6-10-16-28)41-38(46)34(23-32-24-39-25-40-32)42-37(45)31(19-27-13-7-5-8-14-27)22-35(43)30-17-11-12-18-30/h4-5,7-8,13-14,24-26,28-31,33-34,36,44H,1,6,9-12,15-23H2,2-3H3,(H,39,40)(H,41,46)(H,42,45)/t29-,31?,33-,34-,36-/m0/s1. The third-order valence-corrected chi connectivity index (χ3v) is 10.3. The van der Waals surface area contributed by atoms with Crippen molar-refractivity contribution < 1.29 is 19.5 Å². The molecule has 2 saturated carbocycles. The van der Waals surface area contributed by atoms with Crippen LogP contribution in [-0.4, -0.2) is 50.9 Å². The van der Waals surface area contributed by atoms with E-state index >= 15 is 0 Å². The van der Waals surface area contributed by atoms with E-state index in [1.165, 1.54) is 19.3 Å². The lowest BCUT2D eigenvalue weighted by atomic mass is 9.81. The molecule has 0 aliphatic heterocycles. The monoisotopic (exact) mass is 632 g/mol. The number of Topliss-reactive ketones (excluding diaryl/α,β-unsaturated/α-hetero) is 1. The van der Waals surface area contributed by atoms with E-state index in [1.54, 1.807) is 12.5 Å². The van der Waals surface area contributed by atoms with E-state index in [9.17, 15) is 19.5 Å². The van der Waals surface area contributed by atoms with Gasteiger partial charge in [0.25, 0.3) is 0 Å². The van der Waals surface area contributed by atoms with Crippen LogP contribution in [0.5, 0.6) is 0 Å². The molecular weight excluding hydrogens is 576 g/mol. The van der Waals surface area contributed by atoms with Gasteiger partial charge >= 0.3 is 0 Å². The SMILES string of the molecule is C=C[C@@H](C[C@H](O)[C@H](CC1CCCCC1)NC(=O)[C@H](Cc1cnc[nH]1)NC(=O)C(CC(=O)C1CCCC1)Cc1ccccc1)C(C)C. The van der Waals surface area contributed by atoms with Crippen LogP contribution in [0.25, 0.3) is 0 Å². The number of allylic oxidation sites excluding steroid dienone is 1. The molecule has 0 radical (unpaired) electrons. The Labute approximate surface area is 275 Å². The van der Waals surface area contributed by atoms with E-state index in [0.29, 0.717) is 31.1 Å². The molecule has 2 aliphatic carbocycles. The van der Waals surface area contributed by atoms with Crippen molar-refractivity contribution in [3.05, 3.63) is 66.8 Å². The molecule has 2 fully saturated rings. The van der Waals surface area contributed by atoms with E-state index in [2.05, 4.69) is 41.0 Å². The molecule has 8 nitrogen and oxygen atoms in total. The highest BCUT2D eigenvalue weighted by atomic mass is 16.3. The molecule has 0 saturated heterocycles. The number of aliphatic hydroxyl groups is 1. The van der Waals surface area contributed by atoms with Crippen molar-refractivity contribution in [2.75, 3.05) is 0 Å². The molecule has 1 heterocycles. The molecular formula is C38H56N4O4. The van der Waals surface area contributed by atoms with Crippen LogP contribution >= 0.6 is 0 Å². The Morgan fingerprint density at radius 3 is 2.30 bits per heavy atom. The molecule has 2 amide bonds. The predicted molar refractivity (Wildman–Crippen MR) is 182 cm³/mol. The van der Waals surface area contributed by atoms with Crippen LogP contribution in [0.15, 0.2) is 55.5 Å². The first-order valence-electron chi connectivity index (χ1n) is 17.7. The molecule has 2 aromatic rings. The number of rotatable bonds is 18. The second-order valence-electron chi connectivity index (χ2n) is 14.2. The maximum Gasteiger partial charge on any atom is 0.243 e. The molecule has 252 valence electrons. The van der Waals surface area contributed by atoms with Crippen molar-refractivity contribution in [2.24, 2.45) is 29.6 Å². The molecule has 46 heavy (non-hydrogen) atoms. The minimum atomic E-state index is -0.894. The number of nitrogens with zero attached hydrogens (tertiary/aromatic N) is 1. The van der Waals surface area contributed by atoms with Crippen LogP contribution in [0.3, 0.4) is 0 Å². The molecule has 0 bridgehead atoms. The zero-order valence-electron chi connectivity index (χ0n) is 28.0. The molecule has 1 aromatic carbocycles. The number of benzene rings is 1. The number of hydrogen-bond acceptors (Lipinski definition) is 5. The molecule has 1 unspecified atom stereocenters. The van der Waals surface area contributed by atoms with Gasteiger partial charge in [-0.3, -0.25) is 14.4 Å². The van der Waals surface area contributed by atoms with Crippen LogP contribution in [0.4, 0.5) is 0 Å². The van der Waals surface area contributed by atoms with Gasteiger partial charge in [0.1, 0.15) is 11.8 Å². The van der Waals surface area contributed by atoms with Crippen LogP contribution in [0.2, 0.25) is 0 Å². The Morgan fingerprint density at radius 2 is 1.67 bits per heavy atom. The quantitative estimate of drug-likeness (QED) is 0.148. The number of amides is 2. The smallest absolute Gasteiger partial charge is 0.243 e. The van der Waals surface area contributed by atoms with Gasteiger partial charge in [-0.05, 0) is 55.4 Å². The third kappa shape index (κ3) is 10.9. The van der Waals surface area contributed by atoms with Gasteiger partial charge < -0.3 is 20.7 Å². The highest BCUT2D eigenvalue weighted by molar-refractivity contribution is 5.92. The largest absolute Gasteiger partial charge is 0.391 e. The van der Waals surface area contributed by atoms with Crippen molar-refractivity contribution in [3.8, 4) is 0 Å². The topological polar surface area (TPSA) is 124 Å². The number of carbonyl (C=O) groups excluding carboxylic acids is 3. The minimum absolute atomic E-state index is 0.0161. The van der Waals surface area contributed by atoms with E-state index in [1.807, 2.05) is 36.4 Å². The summed E-state index contributed by atoms with van der Waals surface area (Å²) in [5.74, 6) is -0.184. The third-order valence-electron chi connectivity index (χ3n) is 10.3. The summed E-state index contributed by atoms with van der Waals surface area (Å²) in [7, 11) is 0. The van der Waals surface area contributed by atoms with Gasteiger partial charge in [-0.15, -0.1) is 6.58 Å². The fourth-order valence-corrected chi connectivity index (χ4v) is 7.39. The van der Waals surface area contributed by atoms with Gasteiger partial charge in [0.2, 0.25) is 11.8 Å². The van der Waals surface area contributed by atoms with E-state index in [-0.39, 0.29) is 42.3 Å². The number of hydrogen-bond donors (Lipinski definition) is 4. The van der Waals surface area contributed by atoms with Crippen molar-refractivity contribution >= 4 is 17.6 Å². The normalized spacial score (nSPS) is 19.2. The van der Waals surface area contributed by atoms with Crippen molar-refractivity contribution in [2.45, 2.75) is 122 Å². The number of imidazole rings is 1. The summed E-state index contributed by atoms with van der Waals surface area (Å²) in [6.45, 7) is 8.22. The number of H-pyrrole nitrogens is 1. The Balaban J connectivity index is 1.53. The second-order valence-corrected chi connectivity index (χ2v) is 14.2. The minimum Gasteiger partial charge on any atom is -0.391 e. The molecule has 4 rings (SSSR count). The van der Waals surface area contributed by atoms with Crippen LogP contribution in [0.1, 0.15) is 102 Å². The van der Waals surface area contributed by atoms with E-state index < -0.39 is 24.1 Å². The fraction of sp³-hybridized carbons (Fsp3) is 0.632. The maximum atomic E-state index is 14.1. The number of aromatic amines is 1. The average Bonchev–Trinajstić information content (AvgIpc) is 3.79. The first-order valence-corrected chi connectivity index (χ1v) is 17.7. The van der Waals surface area contributed by atoms with E-state index in [0.717, 1.165) is 49.8 Å². The highest BCUT2D eigenvalue weighted by Crippen LogP contribution is 2.31. The zero-order valence-corrected chi connectivity index (χ0v) is 28.0. The summed E-state index contributed by atoms with van der Waals surface area (Å²) >= 11 is 0. The zero-order chi connectivity index (χ0) is 32.9. The van der Waals surface area contributed by atoms with Crippen LogP contribution in [-0.2, 0) is 27.2 Å². The van der Waals surface area contributed by atoms with Gasteiger partial charge in [0.05, 0.1) is 18.5 Å². The summed E-state index contributed by atoms with van der Waals surface area (Å²) in [4.78, 5) is 48.6. The molecule has 0 spiro atoms. The number of aromatic nitrogens is 2. The number of aliphatic hydroxyl groups excluding tert-OH is 1. The van der Waals surface area contributed by atoms with E-state index in [4.69, 9.17) is 0 Å². The summed E-state index contributed by atoms with van der Waals surface area (Å²) in [6, 6.07) is 8.41. The Hall–Kier alpha value is -3.26. The van der Waals surface area contributed by atoms with Crippen molar-refractivity contribution in [1.82, 2.24) is 20.6 Å². The summed E-state index contributed by atoms with van der Waals surface area (Å²) in [5, 5.41) is 17.7. The maximum absolute atomic E-state index is 14.1. The lowest BCUT2D eigenvalue weighted by Gasteiger charge is -2.33. The predicted octanol–water partition coefficient (Wildman–Crippen LogP) is 6.11. The van der Waals surface area contributed by atoms with Crippen LogP contribution in [0, 0.1) is 29.6 Å². The Kier molecular flexibility index (Phi) is 14.1.